The van der Waals surface area contributed by atoms with Gasteiger partial charge in [0.25, 0.3) is 5.91 Å². The van der Waals surface area contributed by atoms with Crippen LogP contribution in [0.1, 0.15) is 35.7 Å². The summed E-state index contributed by atoms with van der Waals surface area (Å²) in [4.78, 5) is 35.6. The number of carboxylic acid groups (broad SMARTS) is 1. The molecule has 0 fully saturated rings. The Balaban J connectivity index is 2.32. The molecule has 2 amide bonds. The van der Waals surface area contributed by atoms with Gasteiger partial charge in [0.15, 0.2) is 0 Å². The van der Waals surface area contributed by atoms with Crippen molar-refractivity contribution in [2.24, 2.45) is 0 Å². The fourth-order valence-corrected chi connectivity index (χ4v) is 2.42. The highest BCUT2D eigenvalue weighted by atomic mass is 19.1. The van der Waals surface area contributed by atoms with E-state index in [9.17, 15) is 18.8 Å². The normalized spacial score (nSPS) is 13.3. The van der Waals surface area contributed by atoms with Crippen LogP contribution in [0.3, 0.4) is 0 Å². The molecule has 0 atom stereocenters. The molecule has 0 radical (unpaired) electrons. The molecule has 0 spiro atoms. The summed E-state index contributed by atoms with van der Waals surface area (Å²) < 4.78 is 14.1. The molecule has 7 heteroatoms. The highest BCUT2D eigenvalue weighted by Gasteiger charge is 2.24. The van der Waals surface area contributed by atoms with Gasteiger partial charge in [-0.3, -0.25) is 14.4 Å². The summed E-state index contributed by atoms with van der Waals surface area (Å²) >= 11 is 0. The van der Waals surface area contributed by atoms with Crippen molar-refractivity contribution in [3.63, 3.8) is 0 Å². The van der Waals surface area contributed by atoms with Gasteiger partial charge in [0, 0.05) is 18.7 Å². The lowest BCUT2D eigenvalue weighted by Crippen LogP contribution is -2.37. The Hall–Kier alpha value is -2.44. The minimum Gasteiger partial charge on any atom is -0.480 e. The Bertz CT molecular complexity index is 630. The van der Waals surface area contributed by atoms with Gasteiger partial charge in [0.1, 0.15) is 12.4 Å². The summed E-state index contributed by atoms with van der Waals surface area (Å²) in [5.74, 6) is -2.75. The van der Waals surface area contributed by atoms with Crippen LogP contribution in [0.25, 0.3) is 0 Å². The van der Waals surface area contributed by atoms with Crippen molar-refractivity contribution < 1.29 is 23.9 Å². The van der Waals surface area contributed by atoms with Gasteiger partial charge in [0.2, 0.25) is 5.91 Å². The Labute approximate surface area is 126 Å². The molecule has 0 aliphatic carbocycles. The molecular weight excluding hydrogens is 291 g/mol. The molecule has 1 aliphatic rings. The number of carboxylic acids is 1. The second kappa shape index (κ2) is 6.55. The van der Waals surface area contributed by atoms with E-state index in [-0.39, 0.29) is 24.4 Å². The lowest BCUT2D eigenvalue weighted by molar-refractivity contribution is -0.137. The summed E-state index contributed by atoms with van der Waals surface area (Å²) in [5, 5.41) is 11.4. The van der Waals surface area contributed by atoms with Gasteiger partial charge >= 0.3 is 5.97 Å². The Morgan fingerprint density at radius 2 is 2.09 bits per heavy atom. The van der Waals surface area contributed by atoms with Crippen LogP contribution in [0.4, 0.5) is 10.1 Å². The molecule has 22 heavy (non-hydrogen) atoms. The van der Waals surface area contributed by atoms with Crippen LogP contribution < -0.4 is 5.32 Å². The zero-order chi connectivity index (χ0) is 16.3. The molecule has 0 aromatic heterocycles. The van der Waals surface area contributed by atoms with Crippen molar-refractivity contribution in [3.05, 3.63) is 29.1 Å². The standard InChI is InChI=1S/C15H17FN2O4/c1-2-5-18(8-14(20)21)15(22)10-6-9-3-4-13(19)17-12(9)7-11(10)16/h6-7H,2-5,8H2,1H3,(H,17,19)(H,20,21). The number of amides is 2. The lowest BCUT2D eigenvalue weighted by Gasteiger charge is -2.22. The first-order chi connectivity index (χ1) is 10.4. The van der Waals surface area contributed by atoms with Crippen molar-refractivity contribution in [3.8, 4) is 0 Å². The molecule has 1 heterocycles. The lowest BCUT2D eigenvalue weighted by atomic mass is 9.99. The molecular formula is C15H17FN2O4. The van der Waals surface area contributed by atoms with E-state index in [1.807, 2.05) is 0 Å². The Morgan fingerprint density at radius 3 is 2.73 bits per heavy atom. The molecule has 6 nitrogen and oxygen atoms in total. The number of hydrogen-bond acceptors (Lipinski definition) is 3. The zero-order valence-corrected chi connectivity index (χ0v) is 12.2. The van der Waals surface area contributed by atoms with Crippen molar-refractivity contribution in [1.29, 1.82) is 0 Å². The number of aliphatic carboxylic acids is 1. The quantitative estimate of drug-likeness (QED) is 0.866. The summed E-state index contributed by atoms with van der Waals surface area (Å²) in [6.07, 6.45) is 1.27. The number of benzene rings is 1. The number of fused-ring (bicyclic) bond motifs is 1. The molecule has 2 rings (SSSR count). The van der Waals surface area contributed by atoms with Gasteiger partial charge < -0.3 is 15.3 Å². The third-order valence-corrected chi connectivity index (χ3v) is 3.43. The number of carbonyl (C=O) groups excluding carboxylic acids is 2. The highest BCUT2D eigenvalue weighted by molar-refractivity contribution is 5.99. The van der Waals surface area contributed by atoms with E-state index in [1.54, 1.807) is 6.92 Å². The van der Waals surface area contributed by atoms with Crippen LogP contribution in [0.5, 0.6) is 0 Å². The van der Waals surface area contributed by atoms with Gasteiger partial charge in [-0.1, -0.05) is 6.92 Å². The van der Waals surface area contributed by atoms with E-state index in [0.717, 1.165) is 11.0 Å². The van der Waals surface area contributed by atoms with E-state index < -0.39 is 24.2 Å². The summed E-state index contributed by atoms with van der Waals surface area (Å²) in [6.45, 7) is 1.57. The predicted octanol–water partition coefficient (Wildman–Crippen LogP) is 1.65. The predicted molar refractivity (Wildman–Crippen MR) is 77.2 cm³/mol. The number of rotatable bonds is 5. The van der Waals surface area contributed by atoms with E-state index in [4.69, 9.17) is 5.11 Å². The summed E-state index contributed by atoms with van der Waals surface area (Å²) in [6, 6.07) is 2.52. The first-order valence-corrected chi connectivity index (χ1v) is 7.05. The van der Waals surface area contributed by atoms with Crippen LogP contribution in [0, 0.1) is 5.82 Å². The van der Waals surface area contributed by atoms with Gasteiger partial charge in [-0.15, -0.1) is 0 Å². The maximum absolute atomic E-state index is 14.1. The van der Waals surface area contributed by atoms with Crippen LogP contribution in [-0.2, 0) is 16.0 Å². The monoisotopic (exact) mass is 308 g/mol. The minimum absolute atomic E-state index is 0.162. The molecule has 2 N–H and O–H groups in total. The van der Waals surface area contributed by atoms with Crippen LogP contribution in [-0.4, -0.2) is 40.9 Å². The third-order valence-electron chi connectivity index (χ3n) is 3.43. The minimum atomic E-state index is -1.15. The van der Waals surface area contributed by atoms with E-state index in [2.05, 4.69) is 5.32 Å². The van der Waals surface area contributed by atoms with Gasteiger partial charge in [0.05, 0.1) is 5.56 Å². The number of halogens is 1. The molecule has 0 bridgehead atoms. The molecule has 0 saturated carbocycles. The van der Waals surface area contributed by atoms with E-state index >= 15 is 0 Å². The average molecular weight is 308 g/mol. The molecule has 1 aromatic rings. The molecule has 0 saturated heterocycles. The van der Waals surface area contributed by atoms with Crippen LogP contribution in [0.15, 0.2) is 12.1 Å². The number of anilines is 1. The first kappa shape index (κ1) is 15.9. The number of nitrogens with one attached hydrogen (secondary N) is 1. The molecule has 118 valence electrons. The van der Waals surface area contributed by atoms with Crippen molar-refractivity contribution in [2.45, 2.75) is 26.2 Å². The fourth-order valence-electron chi connectivity index (χ4n) is 2.42. The molecule has 1 aromatic carbocycles. The Morgan fingerprint density at radius 1 is 1.36 bits per heavy atom. The SMILES string of the molecule is CCCN(CC(=O)O)C(=O)c1cc2c(cc1F)NC(=O)CC2. The largest absolute Gasteiger partial charge is 0.480 e. The van der Waals surface area contributed by atoms with Crippen LogP contribution in [0.2, 0.25) is 0 Å². The molecule has 1 aliphatic heterocycles. The smallest absolute Gasteiger partial charge is 0.323 e. The van der Waals surface area contributed by atoms with Gasteiger partial charge in [-0.25, -0.2) is 4.39 Å². The highest BCUT2D eigenvalue weighted by Crippen LogP contribution is 2.26. The van der Waals surface area contributed by atoms with Crippen molar-refractivity contribution in [2.75, 3.05) is 18.4 Å². The number of carbonyl (C=O) groups is 3. The number of nitrogens with zero attached hydrogens (tertiary/aromatic N) is 1. The van der Waals surface area contributed by atoms with Gasteiger partial charge in [-0.05, 0) is 30.5 Å². The second-order valence-corrected chi connectivity index (χ2v) is 5.16. The first-order valence-electron chi connectivity index (χ1n) is 7.05. The molecule has 0 unspecified atom stereocenters. The van der Waals surface area contributed by atoms with Crippen molar-refractivity contribution >= 4 is 23.5 Å². The van der Waals surface area contributed by atoms with Gasteiger partial charge in [-0.2, -0.15) is 0 Å². The average Bonchev–Trinajstić information content (AvgIpc) is 2.45. The van der Waals surface area contributed by atoms with Crippen molar-refractivity contribution in [1.82, 2.24) is 4.90 Å². The number of aryl methyl sites for hydroxylation is 1. The van der Waals surface area contributed by atoms with E-state index in [0.29, 0.717) is 24.1 Å². The van der Waals surface area contributed by atoms with E-state index in [1.165, 1.54) is 6.07 Å². The Kier molecular flexibility index (Phi) is 4.75. The summed E-state index contributed by atoms with van der Waals surface area (Å²) in [7, 11) is 0. The number of hydrogen-bond donors (Lipinski definition) is 2. The zero-order valence-electron chi connectivity index (χ0n) is 12.2. The van der Waals surface area contributed by atoms with Crippen LogP contribution >= 0.6 is 0 Å². The maximum Gasteiger partial charge on any atom is 0.323 e. The third kappa shape index (κ3) is 3.41. The maximum atomic E-state index is 14.1. The second-order valence-electron chi connectivity index (χ2n) is 5.16. The summed E-state index contributed by atoms with van der Waals surface area (Å²) in [5.41, 5.74) is 0.881. The fraction of sp³-hybridized carbons (Fsp3) is 0.400. The topological polar surface area (TPSA) is 86.7 Å².